The molecule has 0 bridgehead atoms. The van der Waals surface area contributed by atoms with Gasteiger partial charge in [-0.2, -0.15) is 0 Å². The van der Waals surface area contributed by atoms with Crippen molar-refractivity contribution in [2.75, 3.05) is 0 Å². The van der Waals surface area contributed by atoms with Crippen molar-refractivity contribution < 1.29 is 4.74 Å². The summed E-state index contributed by atoms with van der Waals surface area (Å²) in [5, 5.41) is 0.612. The van der Waals surface area contributed by atoms with Crippen LogP contribution < -0.4 is 4.74 Å². The Bertz CT molecular complexity index is 564. The molecule has 0 heterocycles. The summed E-state index contributed by atoms with van der Waals surface area (Å²) in [7, 11) is 0. The van der Waals surface area contributed by atoms with Gasteiger partial charge in [-0.05, 0) is 48.7 Å². The number of rotatable bonds is 3. The van der Waals surface area contributed by atoms with Gasteiger partial charge in [-0.15, -0.1) is 11.6 Å². The molecule has 2 aromatic rings. The average Bonchev–Trinajstić information content (AvgIpc) is 2.36. The number of alkyl halides is 1. The lowest BCUT2D eigenvalue weighted by Crippen LogP contribution is -1.90. The molecule has 18 heavy (non-hydrogen) atoms. The van der Waals surface area contributed by atoms with Gasteiger partial charge in [0.15, 0.2) is 0 Å². The quantitative estimate of drug-likeness (QED) is 0.676. The monoisotopic (exact) mass is 280 g/mol. The second-order valence-electron chi connectivity index (χ2n) is 4.27. The lowest BCUT2D eigenvalue weighted by Gasteiger charge is -2.11. The molecule has 0 N–H and O–H groups in total. The van der Waals surface area contributed by atoms with Crippen molar-refractivity contribution in [3.63, 3.8) is 0 Å². The molecule has 0 aliphatic heterocycles. The third-order valence-electron chi connectivity index (χ3n) is 2.70. The van der Waals surface area contributed by atoms with E-state index in [9.17, 15) is 0 Å². The number of hydrogen-bond donors (Lipinski definition) is 0. The fourth-order valence-electron chi connectivity index (χ4n) is 1.72. The van der Waals surface area contributed by atoms with E-state index in [1.54, 1.807) is 0 Å². The molecule has 94 valence electrons. The van der Waals surface area contributed by atoms with Gasteiger partial charge in [0.2, 0.25) is 0 Å². The lowest BCUT2D eigenvalue weighted by atomic mass is 10.1. The normalized spacial score (nSPS) is 10.4. The zero-order valence-electron chi connectivity index (χ0n) is 10.3. The number of halogens is 2. The topological polar surface area (TPSA) is 9.23 Å². The van der Waals surface area contributed by atoms with E-state index in [4.69, 9.17) is 27.9 Å². The molecule has 0 aliphatic rings. The maximum atomic E-state index is 6.11. The van der Waals surface area contributed by atoms with E-state index in [1.165, 1.54) is 0 Å². The maximum Gasteiger partial charge on any atom is 0.146 e. The molecule has 0 radical (unpaired) electrons. The van der Waals surface area contributed by atoms with E-state index in [2.05, 4.69) is 0 Å². The Balaban J connectivity index is 2.31. The Morgan fingerprint density at radius 1 is 1.00 bits per heavy atom. The van der Waals surface area contributed by atoms with Gasteiger partial charge in [0.25, 0.3) is 0 Å². The van der Waals surface area contributed by atoms with Gasteiger partial charge in [0, 0.05) is 5.88 Å². The van der Waals surface area contributed by atoms with Gasteiger partial charge in [0.1, 0.15) is 11.5 Å². The summed E-state index contributed by atoms with van der Waals surface area (Å²) in [4.78, 5) is 0. The second kappa shape index (κ2) is 5.64. The highest BCUT2D eigenvalue weighted by molar-refractivity contribution is 6.32. The molecular weight excluding hydrogens is 267 g/mol. The zero-order valence-corrected chi connectivity index (χ0v) is 11.8. The molecule has 0 atom stereocenters. The molecule has 0 fully saturated rings. The van der Waals surface area contributed by atoms with Crippen molar-refractivity contribution in [2.45, 2.75) is 19.7 Å². The van der Waals surface area contributed by atoms with Crippen LogP contribution in [0.15, 0.2) is 36.4 Å². The molecule has 1 nitrogen and oxygen atoms in total. The number of hydrogen-bond acceptors (Lipinski definition) is 1. The molecular formula is C15H14Cl2O. The van der Waals surface area contributed by atoms with E-state index in [0.717, 1.165) is 22.4 Å². The van der Waals surface area contributed by atoms with E-state index >= 15 is 0 Å². The van der Waals surface area contributed by atoms with Gasteiger partial charge in [-0.25, -0.2) is 0 Å². The third-order valence-corrected chi connectivity index (χ3v) is 3.32. The highest BCUT2D eigenvalue weighted by Crippen LogP contribution is 2.32. The van der Waals surface area contributed by atoms with Gasteiger partial charge in [0.05, 0.1) is 5.02 Å². The van der Waals surface area contributed by atoms with Crippen molar-refractivity contribution in [2.24, 2.45) is 0 Å². The Hall–Kier alpha value is -1.18. The minimum absolute atomic E-state index is 0.506. The first-order valence-electron chi connectivity index (χ1n) is 5.69. The predicted molar refractivity (Wildman–Crippen MR) is 77.0 cm³/mol. The minimum atomic E-state index is 0.506. The molecule has 3 heteroatoms. The van der Waals surface area contributed by atoms with Crippen LogP contribution in [0.4, 0.5) is 0 Å². The fourth-order valence-corrected chi connectivity index (χ4v) is 2.04. The van der Waals surface area contributed by atoms with E-state index in [-0.39, 0.29) is 0 Å². The summed E-state index contributed by atoms with van der Waals surface area (Å²) in [5.74, 6) is 1.99. The molecule has 0 saturated heterocycles. The second-order valence-corrected chi connectivity index (χ2v) is 4.94. The van der Waals surface area contributed by atoms with Crippen molar-refractivity contribution >= 4 is 23.2 Å². The standard InChI is InChI=1S/C15H14Cl2O/c1-10-3-5-13(17)15(7-10)18-14-6-4-12(9-16)8-11(14)2/h3-8H,9H2,1-2H3. The zero-order chi connectivity index (χ0) is 13.1. The molecule has 0 unspecified atom stereocenters. The van der Waals surface area contributed by atoms with Gasteiger partial charge < -0.3 is 4.74 Å². The highest BCUT2D eigenvalue weighted by atomic mass is 35.5. The van der Waals surface area contributed by atoms with Crippen molar-refractivity contribution in [1.29, 1.82) is 0 Å². The largest absolute Gasteiger partial charge is 0.456 e. The van der Waals surface area contributed by atoms with Crippen LogP contribution in [0.25, 0.3) is 0 Å². The Labute approximate surface area is 117 Å². The van der Waals surface area contributed by atoms with E-state index in [0.29, 0.717) is 16.7 Å². The molecule has 0 aliphatic carbocycles. The predicted octanol–water partition coefficient (Wildman–Crippen LogP) is 5.49. The van der Waals surface area contributed by atoms with E-state index in [1.807, 2.05) is 50.2 Å². The van der Waals surface area contributed by atoms with Crippen LogP contribution in [-0.2, 0) is 5.88 Å². The van der Waals surface area contributed by atoms with Crippen LogP contribution in [0.2, 0.25) is 5.02 Å². The van der Waals surface area contributed by atoms with Crippen molar-refractivity contribution in [3.05, 3.63) is 58.1 Å². The van der Waals surface area contributed by atoms with Gasteiger partial charge in [-0.1, -0.05) is 29.8 Å². The Morgan fingerprint density at radius 2 is 1.78 bits per heavy atom. The van der Waals surface area contributed by atoms with Crippen LogP contribution in [0.1, 0.15) is 16.7 Å². The average molecular weight is 281 g/mol. The first-order valence-corrected chi connectivity index (χ1v) is 6.61. The summed E-state index contributed by atoms with van der Waals surface area (Å²) in [6.07, 6.45) is 0. The van der Waals surface area contributed by atoms with Crippen LogP contribution in [-0.4, -0.2) is 0 Å². The molecule has 2 aromatic carbocycles. The number of benzene rings is 2. The summed E-state index contributed by atoms with van der Waals surface area (Å²) >= 11 is 11.9. The van der Waals surface area contributed by atoms with Crippen LogP contribution >= 0.6 is 23.2 Å². The SMILES string of the molecule is Cc1ccc(Cl)c(Oc2ccc(CCl)cc2C)c1. The smallest absolute Gasteiger partial charge is 0.146 e. The molecule has 0 spiro atoms. The summed E-state index contributed by atoms with van der Waals surface area (Å²) in [6, 6.07) is 11.6. The first-order chi connectivity index (χ1) is 8.60. The molecule has 0 aromatic heterocycles. The summed E-state index contributed by atoms with van der Waals surface area (Å²) in [5.41, 5.74) is 3.24. The van der Waals surface area contributed by atoms with Crippen molar-refractivity contribution in [3.8, 4) is 11.5 Å². The number of aryl methyl sites for hydroxylation is 2. The number of ether oxygens (including phenoxy) is 1. The Kier molecular flexibility index (Phi) is 4.15. The molecule has 2 rings (SSSR count). The van der Waals surface area contributed by atoms with Crippen LogP contribution in [0.5, 0.6) is 11.5 Å². The lowest BCUT2D eigenvalue weighted by molar-refractivity contribution is 0.478. The third kappa shape index (κ3) is 2.98. The summed E-state index contributed by atoms with van der Waals surface area (Å²) < 4.78 is 5.85. The maximum absolute atomic E-state index is 6.11. The summed E-state index contributed by atoms with van der Waals surface area (Å²) in [6.45, 7) is 4.00. The Morgan fingerprint density at radius 3 is 2.44 bits per heavy atom. The van der Waals surface area contributed by atoms with Crippen LogP contribution in [0.3, 0.4) is 0 Å². The minimum Gasteiger partial charge on any atom is -0.456 e. The van der Waals surface area contributed by atoms with E-state index < -0.39 is 0 Å². The highest BCUT2D eigenvalue weighted by Gasteiger charge is 2.06. The molecule has 0 amide bonds. The van der Waals surface area contributed by atoms with Crippen molar-refractivity contribution in [1.82, 2.24) is 0 Å². The first kappa shape index (κ1) is 13.3. The fraction of sp³-hybridized carbons (Fsp3) is 0.200. The van der Waals surface area contributed by atoms with Crippen LogP contribution in [0, 0.1) is 13.8 Å². The molecule has 0 saturated carbocycles. The van der Waals surface area contributed by atoms with Gasteiger partial charge in [-0.3, -0.25) is 0 Å². The van der Waals surface area contributed by atoms with Gasteiger partial charge >= 0.3 is 0 Å².